The van der Waals surface area contributed by atoms with Crippen molar-refractivity contribution in [3.8, 4) is 0 Å². The third-order valence-corrected chi connectivity index (χ3v) is 4.35. The second kappa shape index (κ2) is 6.04. The molecule has 3 nitrogen and oxygen atoms in total. The SMILES string of the molecule is Cc1cc(C)c(C(=O)O)c(Sc2ccc(Cl)c(Cl)c2)n1. The zero-order chi connectivity index (χ0) is 14.9. The van der Waals surface area contributed by atoms with Gasteiger partial charge in [-0.05, 0) is 43.7 Å². The Kier molecular flexibility index (Phi) is 4.58. The highest BCUT2D eigenvalue weighted by Crippen LogP contribution is 2.34. The summed E-state index contributed by atoms with van der Waals surface area (Å²) in [5, 5.41) is 10.7. The molecule has 0 aliphatic carbocycles. The highest BCUT2D eigenvalue weighted by molar-refractivity contribution is 7.99. The van der Waals surface area contributed by atoms with E-state index in [1.807, 2.05) is 6.92 Å². The van der Waals surface area contributed by atoms with Crippen LogP contribution >= 0.6 is 35.0 Å². The summed E-state index contributed by atoms with van der Waals surface area (Å²) in [6.45, 7) is 3.59. The van der Waals surface area contributed by atoms with Gasteiger partial charge in [-0.2, -0.15) is 0 Å². The van der Waals surface area contributed by atoms with Crippen LogP contribution in [0.15, 0.2) is 34.2 Å². The number of aromatic nitrogens is 1. The fraction of sp³-hybridized carbons (Fsp3) is 0.143. The number of aromatic carboxylic acids is 1. The average molecular weight is 328 g/mol. The molecule has 0 aliphatic heterocycles. The molecule has 0 fully saturated rings. The summed E-state index contributed by atoms with van der Waals surface area (Å²) in [4.78, 5) is 16.5. The molecule has 0 amide bonds. The van der Waals surface area contributed by atoms with Crippen molar-refractivity contribution in [3.05, 3.63) is 51.1 Å². The first-order valence-corrected chi connectivity index (χ1v) is 7.30. The zero-order valence-corrected chi connectivity index (χ0v) is 13.1. The van der Waals surface area contributed by atoms with E-state index in [2.05, 4.69) is 4.98 Å². The minimum absolute atomic E-state index is 0.215. The smallest absolute Gasteiger partial charge is 0.338 e. The molecule has 0 spiro atoms. The number of pyridine rings is 1. The predicted molar refractivity (Wildman–Crippen MR) is 81.3 cm³/mol. The maximum absolute atomic E-state index is 11.4. The van der Waals surface area contributed by atoms with Crippen LogP contribution < -0.4 is 0 Å². The lowest BCUT2D eigenvalue weighted by Crippen LogP contribution is -2.05. The predicted octanol–water partition coefficient (Wildman–Crippen LogP) is 4.85. The van der Waals surface area contributed by atoms with Crippen LogP contribution in [0.4, 0.5) is 0 Å². The number of carbonyl (C=O) groups is 1. The minimum atomic E-state index is -0.988. The van der Waals surface area contributed by atoms with Crippen molar-refractivity contribution in [2.45, 2.75) is 23.8 Å². The first kappa shape index (κ1) is 15.2. The van der Waals surface area contributed by atoms with E-state index < -0.39 is 5.97 Å². The van der Waals surface area contributed by atoms with E-state index >= 15 is 0 Å². The normalized spacial score (nSPS) is 10.6. The number of nitrogens with zero attached hydrogens (tertiary/aromatic N) is 1. The van der Waals surface area contributed by atoms with Gasteiger partial charge in [-0.3, -0.25) is 0 Å². The molecule has 0 unspecified atom stereocenters. The molecule has 0 bridgehead atoms. The van der Waals surface area contributed by atoms with E-state index in [0.29, 0.717) is 20.6 Å². The fourth-order valence-corrected chi connectivity index (χ4v) is 3.23. The highest BCUT2D eigenvalue weighted by Gasteiger charge is 2.17. The van der Waals surface area contributed by atoms with Crippen molar-refractivity contribution in [1.82, 2.24) is 4.98 Å². The summed E-state index contributed by atoms with van der Waals surface area (Å²) in [7, 11) is 0. The number of carboxylic acid groups (broad SMARTS) is 1. The lowest BCUT2D eigenvalue weighted by molar-refractivity contribution is 0.0691. The number of rotatable bonds is 3. The van der Waals surface area contributed by atoms with Crippen molar-refractivity contribution in [3.63, 3.8) is 0 Å². The van der Waals surface area contributed by atoms with Crippen molar-refractivity contribution in [2.24, 2.45) is 0 Å². The van der Waals surface area contributed by atoms with Crippen molar-refractivity contribution >= 4 is 40.9 Å². The molecule has 2 rings (SSSR count). The highest BCUT2D eigenvalue weighted by atomic mass is 35.5. The summed E-state index contributed by atoms with van der Waals surface area (Å²) in [5.41, 5.74) is 1.68. The van der Waals surface area contributed by atoms with Gasteiger partial charge in [0.05, 0.1) is 15.6 Å². The number of aryl methyl sites for hydroxylation is 2. The summed E-state index contributed by atoms with van der Waals surface area (Å²) >= 11 is 13.1. The van der Waals surface area contributed by atoms with Gasteiger partial charge in [-0.15, -0.1) is 0 Å². The van der Waals surface area contributed by atoms with Gasteiger partial charge < -0.3 is 5.11 Å². The number of carboxylic acids is 1. The largest absolute Gasteiger partial charge is 0.478 e. The lowest BCUT2D eigenvalue weighted by Gasteiger charge is -2.09. The molecule has 1 aromatic heterocycles. The molecule has 1 N–H and O–H groups in total. The molecule has 1 aromatic carbocycles. The maximum atomic E-state index is 11.4. The molecule has 0 aliphatic rings. The number of benzene rings is 1. The van der Waals surface area contributed by atoms with Crippen LogP contribution in [0.2, 0.25) is 10.0 Å². The Labute approximate surface area is 130 Å². The van der Waals surface area contributed by atoms with Gasteiger partial charge in [0.2, 0.25) is 0 Å². The summed E-state index contributed by atoms with van der Waals surface area (Å²) in [6.07, 6.45) is 0. The summed E-state index contributed by atoms with van der Waals surface area (Å²) < 4.78 is 0. The Balaban J connectivity index is 2.47. The molecular weight excluding hydrogens is 317 g/mol. The van der Waals surface area contributed by atoms with Crippen LogP contribution in [0.5, 0.6) is 0 Å². The van der Waals surface area contributed by atoms with Crippen LogP contribution in [0.25, 0.3) is 0 Å². The molecule has 0 atom stereocenters. The zero-order valence-electron chi connectivity index (χ0n) is 10.8. The molecule has 6 heteroatoms. The fourth-order valence-electron chi connectivity index (χ4n) is 1.79. The van der Waals surface area contributed by atoms with E-state index in [1.54, 1.807) is 31.2 Å². The molecule has 104 valence electrons. The number of hydrogen-bond acceptors (Lipinski definition) is 3. The Hall–Kier alpha value is -1.23. The number of halogens is 2. The van der Waals surface area contributed by atoms with Crippen LogP contribution in [-0.2, 0) is 0 Å². The third kappa shape index (κ3) is 3.26. The Bertz CT molecular complexity index is 689. The molecule has 1 heterocycles. The second-order valence-electron chi connectivity index (χ2n) is 4.24. The van der Waals surface area contributed by atoms with Crippen LogP contribution in [0.3, 0.4) is 0 Å². The van der Waals surface area contributed by atoms with Gasteiger partial charge in [0.1, 0.15) is 5.03 Å². The van der Waals surface area contributed by atoms with Gasteiger partial charge in [0, 0.05) is 10.6 Å². The molecule has 20 heavy (non-hydrogen) atoms. The van der Waals surface area contributed by atoms with Gasteiger partial charge in [0.15, 0.2) is 0 Å². The van der Waals surface area contributed by atoms with Gasteiger partial charge >= 0.3 is 5.97 Å². The summed E-state index contributed by atoms with van der Waals surface area (Å²) in [5.74, 6) is -0.988. The topological polar surface area (TPSA) is 50.2 Å². The number of hydrogen-bond donors (Lipinski definition) is 1. The van der Waals surface area contributed by atoms with Gasteiger partial charge in [-0.1, -0.05) is 35.0 Å². The van der Waals surface area contributed by atoms with Crippen molar-refractivity contribution in [1.29, 1.82) is 0 Å². The molecule has 2 aromatic rings. The molecular formula is C14H11Cl2NO2S. The molecule has 0 saturated carbocycles. The van der Waals surface area contributed by atoms with Gasteiger partial charge in [-0.25, -0.2) is 9.78 Å². The molecule has 0 saturated heterocycles. The van der Waals surface area contributed by atoms with Gasteiger partial charge in [0.25, 0.3) is 0 Å². The summed E-state index contributed by atoms with van der Waals surface area (Å²) in [6, 6.07) is 6.90. The van der Waals surface area contributed by atoms with Crippen LogP contribution in [-0.4, -0.2) is 16.1 Å². The monoisotopic (exact) mass is 327 g/mol. The van der Waals surface area contributed by atoms with Crippen molar-refractivity contribution < 1.29 is 9.90 Å². The maximum Gasteiger partial charge on any atom is 0.338 e. The first-order chi connectivity index (χ1) is 9.38. The first-order valence-electron chi connectivity index (χ1n) is 5.73. The van der Waals surface area contributed by atoms with E-state index in [1.165, 1.54) is 11.8 Å². The minimum Gasteiger partial charge on any atom is -0.478 e. The Morgan fingerprint density at radius 2 is 1.90 bits per heavy atom. The standard InChI is InChI=1S/C14H11Cl2NO2S/c1-7-5-8(2)17-13(12(7)14(18)19)20-9-3-4-10(15)11(16)6-9/h3-6H,1-2H3,(H,18,19). The van der Waals surface area contributed by atoms with E-state index in [0.717, 1.165) is 10.6 Å². The van der Waals surface area contributed by atoms with Crippen LogP contribution in [0.1, 0.15) is 21.6 Å². The van der Waals surface area contributed by atoms with E-state index in [4.69, 9.17) is 23.2 Å². The van der Waals surface area contributed by atoms with Crippen LogP contribution in [0, 0.1) is 13.8 Å². The van der Waals surface area contributed by atoms with E-state index in [-0.39, 0.29) is 5.56 Å². The lowest BCUT2D eigenvalue weighted by atomic mass is 10.1. The Morgan fingerprint density at radius 1 is 1.20 bits per heavy atom. The van der Waals surface area contributed by atoms with Crippen molar-refractivity contribution in [2.75, 3.05) is 0 Å². The Morgan fingerprint density at radius 3 is 2.50 bits per heavy atom. The molecule has 0 radical (unpaired) electrons. The average Bonchev–Trinajstić information content (AvgIpc) is 2.32. The second-order valence-corrected chi connectivity index (χ2v) is 6.12. The third-order valence-electron chi connectivity index (χ3n) is 2.63. The van der Waals surface area contributed by atoms with E-state index in [9.17, 15) is 9.90 Å². The quantitative estimate of drug-likeness (QED) is 0.874.